The van der Waals surface area contributed by atoms with E-state index in [0.717, 1.165) is 0 Å². The number of aromatic nitrogens is 4. The Labute approximate surface area is 133 Å². The topological polar surface area (TPSA) is 80.9 Å². The number of carbonyl (C=O) groups is 1. The fourth-order valence-corrected chi connectivity index (χ4v) is 2.53. The average Bonchev–Trinajstić information content (AvgIpc) is 2.94. The number of carboxylic acids is 1. The molecule has 0 aliphatic rings. The van der Waals surface area contributed by atoms with E-state index in [2.05, 4.69) is 15.1 Å². The summed E-state index contributed by atoms with van der Waals surface area (Å²) in [6.45, 7) is 1.54. The quantitative estimate of drug-likeness (QED) is 0.795. The first-order chi connectivity index (χ1) is 11.3. The van der Waals surface area contributed by atoms with Crippen molar-refractivity contribution in [2.24, 2.45) is 0 Å². The SMILES string of the molecule is CCc1nn(-c2cncc3ncccc23)c(C(F)(F)F)c1C(=O)O. The Bertz CT molecular complexity index is 929. The van der Waals surface area contributed by atoms with Gasteiger partial charge < -0.3 is 5.11 Å². The molecule has 124 valence electrons. The molecule has 0 saturated carbocycles. The number of nitrogens with zero attached hydrogens (tertiary/aromatic N) is 4. The van der Waals surface area contributed by atoms with E-state index in [0.29, 0.717) is 15.6 Å². The number of hydrogen-bond acceptors (Lipinski definition) is 4. The van der Waals surface area contributed by atoms with Crippen molar-refractivity contribution in [2.45, 2.75) is 19.5 Å². The van der Waals surface area contributed by atoms with Crippen LogP contribution >= 0.6 is 0 Å². The molecule has 0 spiro atoms. The highest BCUT2D eigenvalue weighted by atomic mass is 19.4. The van der Waals surface area contributed by atoms with Crippen molar-refractivity contribution in [3.8, 4) is 5.69 Å². The maximum absolute atomic E-state index is 13.5. The lowest BCUT2D eigenvalue weighted by atomic mass is 10.1. The fourth-order valence-electron chi connectivity index (χ4n) is 2.53. The molecule has 3 heterocycles. The molecule has 0 radical (unpaired) electrons. The fraction of sp³-hybridized carbons (Fsp3) is 0.200. The van der Waals surface area contributed by atoms with Gasteiger partial charge in [0.1, 0.15) is 5.56 Å². The van der Waals surface area contributed by atoms with Crippen molar-refractivity contribution in [3.63, 3.8) is 0 Å². The average molecular weight is 336 g/mol. The van der Waals surface area contributed by atoms with E-state index in [4.69, 9.17) is 0 Å². The highest BCUT2D eigenvalue weighted by Crippen LogP contribution is 2.36. The molecule has 24 heavy (non-hydrogen) atoms. The van der Waals surface area contributed by atoms with Crippen LogP contribution in [0.15, 0.2) is 30.7 Å². The van der Waals surface area contributed by atoms with Crippen molar-refractivity contribution < 1.29 is 23.1 Å². The molecule has 0 unspecified atom stereocenters. The van der Waals surface area contributed by atoms with E-state index in [1.807, 2.05) is 0 Å². The van der Waals surface area contributed by atoms with Crippen LogP contribution in [0.4, 0.5) is 13.2 Å². The Morgan fingerprint density at radius 2 is 2.08 bits per heavy atom. The second-order valence-corrected chi connectivity index (χ2v) is 4.97. The zero-order valence-corrected chi connectivity index (χ0v) is 12.4. The summed E-state index contributed by atoms with van der Waals surface area (Å²) in [6.07, 6.45) is -0.736. The minimum atomic E-state index is -4.89. The minimum absolute atomic E-state index is 0.0233. The summed E-state index contributed by atoms with van der Waals surface area (Å²) in [7, 11) is 0. The number of pyridine rings is 2. The van der Waals surface area contributed by atoms with Crippen molar-refractivity contribution in [3.05, 3.63) is 47.7 Å². The molecule has 3 rings (SSSR count). The van der Waals surface area contributed by atoms with Crippen LogP contribution in [0, 0.1) is 0 Å². The smallest absolute Gasteiger partial charge is 0.434 e. The Morgan fingerprint density at radius 3 is 2.71 bits per heavy atom. The lowest BCUT2D eigenvalue weighted by molar-refractivity contribution is -0.143. The highest BCUT2D eigenvalue weighted by molar-refractivity contribution is 5.92. The predicted octanol–water partition coefficient (Wildman–Crippen LogP) is 3.09. The number of alkyl halides is 3. The van der Waals surface area contributed by atoms with Crippen molar-refractivity contribution in [2.75, 3.05) is 0 Å². The summed E-state index contributed by atoms with van der Waals surface area (Å²) in [6, 6.07) is 3.15. The zero-order chi connectivity index (χ0) is 17.5. The monoisotopic (exact) mass is 336 g/mol. The third-order valence-electron chi connectivity index (χ3n) is 3.51. The lowest BCUT2D eigenvalue weighted by Gasteiger charge is -2.12. The van der Waals surface area contributed by atoms with Gasteiger partial charge in [0.15, 0.2) is 5.69 Å². The Balaban J connectivity index is 2.41. The normalized spacial score (nSPS) is 11.8. The minimum Gasteiger partial charge on any atom is -0.478 e. The number of halogens is 3. The van der Waals surface area contributed by atoms with Crippen molar-refractivity contribution in [1.29, 1.82) is 0 Å². The summed E-state index contributed by atoms with van der Waals surface area (Å²) in [5.41, 5.74) is -1.91. The van der Waals surface area contributed by atoms with E-state index < -0.39 is 23.4 Å². The van der Waals surface area contributed by atoms with Gasteiger partial charge in [-0.05, 0) is 18.6 Å². The molecule has 0 saturated heterocycles. The first-order valence-electron chi connectivity index (χ1n) is 6.96. The Kier molecular flexibility index (Phi) is 3.70. The molecule has 3 aromatic rings. The molecule has 3 aromatic heterocycles. The van der Waals surface area contributed by atoms with E-state index in [1.54, 1.807) is 19.1 Å². The van der Waals surface area contributed by atoms with Gasteiger partial charge in [0, 0.05) is 11.6 Å². The van der Waals surface area contributed by atoms with E-state index in [1.165, 1.54) is 18.6 Å². The van der Waals surface area contributed by atoms with Gasteiger partial charge in [0.05, 0.1) is 29.3 Å². The maximum Gasteiger partial charge on any atom is 0.434 e. The molecule has 0 aliphatic carbocycles. The van der Waals surface area contributed by atoms with Crippen LogP contribution < -0.4 is 0 Å². The second kappa shape index (κ2) is 5.59. The van der Waals surface area contributed by atoms with Gasteiger partial charge >= 0.3 is 12.1 Å². The number of aryl methyl sites for hydroxylation is 1. The standard InChI is InChI=1S/C15H11F3N4O2/c1-2-9-12(14(23)24)13(15(16,17)18)22(21-9)11-7-19-6-10-8(11)4-3-5-20-10/h3-7H,2H2,1H3,(H,23,24). The summed E-state index contributed by atoms with van der Waals surface area (Å²) in [4.78, 5) is 19.3. The van der Waals surface area contributed by atoms with Gasteiger partial charge in [-0.25, -0.2) is 9.48 Å². The van der Waals surface area contributed by atoms with Gasteiger partial charge in [-0.15, -0.1) is 0 Å². The van der Waals surface area contributed by atoms with Crippen LogP contribution in [0.1, 0.15) is 28.7 Å². The first kappa shape index (κ1) is 15.9. The molecule has 0 bridgehead atoms. The lowest BCUT2D eigenvalue weighted by Crippen LogP contribution is -2.17. The summed E-state index contributed by atoms with van der Waals surface area (Å²) < 4.78 is 41.2. The van der Waals surface area contributed by atoms with Crippen LogP contribution in [-0.4, -0.2) is 30.8 Å². The van der Waals surface area contributed by atoms with Crippen LogP contribution in [0.2, 0.25) is 0 Å². The summed E-state index contributed by atoms with van der Waals surface area (Å²) in [5, 5.41) is 13.5. The largest absolute Gasteiger partial charge is 0.478 e. The van der Waals surface area contributed by atoms with Crippen molar-refractivity contribution >= 4 is 16.9 Å². The number of aromatic carboxylic acids is 1. The van der Waals surface area contributed by atoms with Gasteiger partial charge in [-0.2, -0.15) is 18.3 Å². The molecular formula is C15H11F3N4O2. The van der Waals surface area contributed by atoms with E-state index >= 15 is 0 Å². The second-order valence-electron chi connectivity index (χ2n) is 4.97. The molecule has 1 N–H and O–H groups in total. The van der Waals surface area contributed by atoms with E-state index in [9.17, 15) is 23.1 Å². The first-order valence-corrected chi connectivity index (χ1v) is 6.96. The van der Waals surface area contributed by atoms with Crippen LogP contribution in [0.25, 0.3) is 16.6 Å². The number of hydrogen-bond donors (Lipinski definition) is 1. The van der Waals surface area contributed by atoms with Crippen molar-refractivity contribution in [1.82, 2.24) is 19.7 Å². The molecule has 9 heteroatoms. The summed E-state index contributed by atoms with van der Waals surface area (Å²) >= 11 is 0. The highest BCUT2D eigenvalue weighted by Gasteiger charge is 2.42. The molecule has 0 fully saturated rings. The molecule has 0 aliphatic heterocycles. The van der Waals surface area contributed by atoms with Crippen LogP contribution in [0.5, 0.6) is 0 Å². The maximum atomic E-state index is 13.5. The molecular weight excluding hydrogens is 325 g/mol. The third kappa shape index (κ3) is 2.47. The van der Waals surface area contributed by atoms with E-state index in [-0.39, 0.29) is 17.8 Å². The molecule has 0 aromatic carbocycles. The predicted molar refractivity (Wildman–Crippen MR) is 78.0 cm³/mol. The van der Waals surface area contributed by atoms with Gasteiger partial charge in [-0.3, -0.25) is 9.97 Å². The molecule has 6 nitrogen and oxygen atoms in total. The molecule has 0 atom stereocenters. The third-order valence-corrected chi connectivity index (χ3v) is 3.51. The Hall–Kier alpha value is -2.97. The Morgan fingerprint density at radius 1 is 1.33 bits per heavy atom. The number of rotatable bonds is 3. The molecule has 0 amide bonds. The van der Waals surface area contributed by atoms with Crippen LogP contribution in [-0.2, 0) is 12.6 Å². The van der Waals surface area contributed by atoms with Gasteiger partial charge in [-0.1, -0.05) is 6.92 Å². The zero-order valence-electron chi connectivity index (χ0n) is 12.4. The van der Waals surface area contributed by atoms with Crippen LogP contribution in [0.3, 0.4) is 0 Å². The number of fused-ring (bicyclic) bond motifs is 1. The summed E-state index contributed by atoms with van der Waals surface area (Å²) in [5.74, 6) is -1.67. The number of carboxylic acid groups (broad SMARTS) is 1. The van der Waals surface area contributed by atoms with Gasteiger partial charge in [0.25, 0.3) is 0 Å². The van der Waals surface area contributed by atoms with Gasteiger partial charge in [0.2, 0.25) is 0 Å².